The third-order valence-electron chi connectivity index (χ3n) is 5.03. The van der Waals surface area contributed by atoms with Gasteiger partial charge in [0.25, 0.3) is 5.91 Å². The number of morpholine rings is 1. The van der Waals surface area contributed by atoms with Crippen molar-refractivity contribution in [2.24, 2.45) is 0 Å². The molecular formula is C23H28N2O5. The monoisotopic (exact) mass is 412 g/mol. The van der Waals surface area contributed by atoms with Gasteiger partial charge in [-0.05, 0) is 49.7 Å². The number of hydrogen-bond donors (Lipinski definition) is 1. The number of carbonyl (C=O) groups is 2. The van der Waals surface area contributed by atoms with Crippen LogP contribution in [0.3, 0.4) is 0 Å². The van der Waals surface area contributed by atoms with E-state index in [2.05, 4.69) is 10.2 Å². The fraction of sp³-hybridized carbons (Fsp3) is 0.391. The van der Waals surface area contributed by atoms with Crippen molar-refractivity contribution in [2.75, 3.05) is 43.6 Å². The molecule has 1 fully saturated rings. The minimum absolute atomic E-state index is 0.0629. The Labute approximate surface area is 176 Å². The Balaban J connectivity index is 1.87. The van der Waals surface area contributed by atoms with Crippen LogP contribution in [-0.2, 0) is 9.47 Å². The van der Waals surface area contributed by atoms with E-state index in [0.29, 0.717) is 48.9 Å². The summed E-state index contributed by atoms with van der Waals surface area (Å²) in [6.45, 7) is 6.67. The Morgan fingerprint density at radius 1 is 1.13 bits per heavy atom. The number of esters is 1. The van der Waals surface area contributed by atoms with Crippen LogP contribution < -0.4 is 15.0 Å². The molecular weight excluding hydrogens is 384 g/mol. The van der Waals surface area contributed by atoms with Gasteiger partial charge in [0, 0.05) is 18.7 Å². The molecule has 1 amide bonds. The van der Waals surface area contributed by atoms with Crippen molar-refractivity contribution < 1.29 is 23.8 Å². The third kappa shape index (κ3) is 5.30. The first kappa shape index (κ1) is 21.6. The minimum Gasteiger partial charge on any atom is -0.491 e. The van der Waals surface area contributed by atoms with Gasteiger partial charge in [-0.3, -0.25) is 4.79 Å². The quantitative estimate of drug-likeness (QED) is 0.698. The summed E-state index contributed by atoms with van der Waals surface area (Å²) in [5.74, 6) is -0.0854. The van der Waals surface area contributed by atoms with Crippen molar-refractivity contribution in [3.05, 3.63) is 53.6 Å². The molecule has 1 aliphatic rings. The van der Waals surface area contributed by atoms with Crippen molar-refractivity contribution in [1.82, 2.24) is 0 Å². The first-order valence-electron chi connectivity index (χ1n) is 10.1. The zero-order chi connectivity index (χ0) is 21.5. The molecule has 0 aliphatic carbocycles. The standard InChI is InChI=1S/C23H28N2O5/c1-4-16(2)30-19-7-5-6-17(14-19)22(26)24-20-15-18(23(27)28-3)8-9-21(20)25-10-12-29-13-11-25/h5-9,14-16H,4,10-13H2,1-3H3,(H,24,26)/t16-/m0/s1. The van der Waals surface area contributed by atoms with Crippen molar-refractivity contribution >= 4 is 23.3 Å². The number of ether oxygens (including phenoxy) is 3. The maximum atomic E-state index is 13.0. The van der Waals surface area contributed by atoms with Crippen molar-refractivity contribution in [3.63, 3.8) is 0 Å². The van der Waals surface area contributed by atoms with Crippen LogP contribution in [0.4, 0.5) is 11.4 Å². The SMILES string of the molecule is CC[C@H](C)Oc1cccc(C(=O)Nc2cc(C(=O)OC)ccc2N2CCOCC2)c1. The van der Waals surface area contributed by atoms with E-state index in [-0.39, 0.29) is 12.0 Å². The Hall–Kier alpha value is -3.06. The predicted molar refractivity (Wildman–Crippen MR) is 116 cm³/mol. The van der Waals surface area contributed by atoms with Crippen LogP contribution in [-0.4, -0.2) is 51.4 Å². The minimum atomic E-state index is -0.456. The lowest BCUT2D eigenvalue weighted by Crippen LogP contribution is -2.36. The van der Waals surface area contributed by atoms with Crippen LogP contribution in [0, 0.1) is 0 Å². The molecule has 1 heterocycles. The van der Waals surface area contributed by atoms with Crippen molar-refractivity contribution in [3.8, 4) is 5.75 Å². The summed E-state index contributed by atoms with van der Waals surface area (Å²) in [6, 6.07) is 12.3. The van der Waals surface area contributed by atoms with Gasteiger partial charge in [-0.1, -0.05) is 13.0 Å². The number of amides is 1. The third-order valence-corrected chi connectivity index (χ3v) is 5.03. The van der Waals surface area contributed by atoms with E-state index in [1.807, 2.05) is 26.0 Å². The van der Waals surface area contributed by atoms with Crippen molar-refractivity contribution in [2.45, 2.75) is 26.4 Å². The highest BCUT2D eigenvalue weighted by molar-refractivity contribution is 6.07. The molecule has 3 rings (SSSR count). The topological polar surface area (TPSA) is 77.1 Å². The summed E-state index contributed by atoms with van der Waals surface area (Å²) in [7, 11) is 1.33. The van der Waals surface area contributed by atoms with E-state index in [4.69, 9.17) is 14.2 Å². The van der Waals surface area contributed by atoms with Crippen LogP contribution in [0.15, 0.2) is 42.5 Å². The molecule has 1 aliphatic heterocycles. The van der Waals surface area contributed by atoms with Gasteiger partial charge in [-0.15, -0.1) is 0 Å². The fourth-order valence-electron chi connectivity index (χ4n) is 3.18. The molecule has 0 saturated carbocycles. The second-order valence-electron chi connectivity index (χ2n) is 7.14. The summed E-state index contributed by atoms with van der Waals surface area (Å²) >= 11 is 0. The molecule has 30 heavy (non-hydrogen) atoms. The fourth-order valence-corrected chi connectivity index (χ4v) is 3.18. The van der Waals surface area contributed by atoms with E-state index in [9.17, 15) is 9.59 Å². The van der Waals surface area contributed by atoms with E-state index in [1.54, 1.807) is 30.3 Å². The van der Waals surface area contributed by atoms with Gasteiger partial charge in [0.1, 0.15) is 5.75 Å². The first-order valence-corrected chi connectivity index (χ1v) is 10.1. The Kier molecular flexibility index (Phi) is 7.30. The molecule has 0 aromatic heterocycles. The average molecular weight is 412 g/mol. The molecule has 160 valence electrons. The van der Waals surface area contributed by atoms with Crippen molar-refractivity contribution in [1.29, 1.82) is 0 Å². The number of nitrogens with zero attached hydrogens (tertiary/aromatic N) is 1. The highest BCUT2D eigenvalue weighted by Crippen LogP contribution is 2.29. The van der Waals surface area contributed by atoms with E-state index in [1.165, 1.54) is 7.11 Å². The van der Waals surface area contributed by atoms with Gasteiger partial charge in [-0.25, -0.2) is 4.79 Å². The van der Waals surface area contributed by atoms with Gasteiger partial charge in [0.2, 0.25) is 0 Å². The number of rotatable bonds is 7. The van der Waals surface area contributed by atoms with Crippen LogP contribution in [0.1, 0.15) is 41.0 Å². The zero-order valence-electron chi connectivity index (χ0n) is 17.6. The van der Waals surface area contributed by atoms with Crippen LogP contribution in [0.5, 0.6) is 5.75 Å². The van der Waals surface area contributed by atoms with Gasteiger partial charge in [0.15, 0.2) is 0 Å². The summed E-state index contributed by atoms with van der Waals surface area (Å²) in [6.07, 6.45) is 0.938. The summed E-state index contributed by atoms with van der Waals surface area (Å²) < 4.78 is 16.1. The van der Waals surface area contributed by atoms with Crippen LogP contribution >= 0.6 is 0 Å². The summed E-state index contributed by atoms with van der Waals surface area (Å²) in [4.78, 5) is 27.1. The van der Waals surface area contributed by atoms with Gasteiger partial charge >= 0.3 is 5.97 Å². The van der Waals surface area contributed by atoms with Gasteiger partial charge in [0.05, 0.1) is 43.4 Å². The molecule has 2 aromatic rings. The van der Waals surface area contributed by atoms with Crippen LogP contribution in [0.25, 0.3) is 0 Å². The molecule has 0 spiro atoms. The Morgan fingerprint density at radius 3 is 2.60 bits per heavy atom. The van der Waals surface area contributed by atoms with Gasteiger partial charge in [-0.2, -0.15) is 0 Å². The Morgan fingerprint density at radius 2 is 1.90 bits per heavy atom. The molecule has 0 radical (unpaired) electrons. The summed E-state index contributed by atoms with van der Waals surface area (Å²) in [5.41, 5.74) is 2.25. The van der Waals surface area contributed by atoms with E-state index < -0.39 is 5.97 Å². The van der Waals surface area contributed by atoms with E-state index in [0.717, 1.165) is 12.1 Å². The number of benzene rings is 2. The maximum absolute atomic E-state index is 13.0. The average Bonchev–Trinajstić information content (AvgIpc) is 2.79. The highest BCUT2D eigenvalue weighted by atomic mass is 16.5. The molecule has 7 heteroatoms. The molecule has 0 bridgehead atoms. The molecule has 1 saturated heterocycles. The molecule has 1 N–H and O–H groups in total. The number of hydrogen-bond acceptors (Lipinski definition) is 6. The lowest BCUT2D eigenvalue weighted by atomic mass is 10.1. The number of carbonyl (C=O) groups excluding carboxylic acids is 2. The Bertz CT molecular complexity index is 893. The lowest BCUT2D eigenvalue weighted by molar-refractivity contribution is 0.0600. The number of methoxy groups -OCH3 is 1. The zero-order valence-corrected chi connectivity index (χ0v) is 17.6. The normalized spacial score (nSPS) is 14.7. The largest absolute Gasteiger partial charge is 0.491 e. The maximum Gasteiger partial charge on any atom is 0.337 e. The molecule has 0 unspecified atom stereocenters. The van der Waals surface area contributed by atoms with Crippen LogP contribution in [0.2, 0.25) is 0 Å². The molecule has 1 atom stereocenters. The van der Waals surface area contributed by atoms with Gasteiger partial charge < -0.3 is 24.4 Å². The second-order valence-corrected chi connectivity index (χ2v) is 7.14. The first-order chi connectivity index (χ1) is 14.5. The number of nitrogens with one attached hydrogen (secondary N) is 1. The smallest absolute Gasteiger partial charge is 0.337 e. The molecule has 7 nitrogen and oxygen atoms in total. The predicted octanol–water partition coefficient (Wildman–Crippen LogP) is 3.74. The highest BCUT2D eigenvalue weighted by Gasteiger charge is 2.19. The summed E-state index contributed by atoms with van der Waals surface area (Å²) in [5, 5.41) is 2.95. The molecule has 2 aromatic carbocycles. The van der Waals surface area contributed by atoms with E-state index >= 15 is 0 Å². The second kappa shape index (κ2) is 10.1. The number of anilines is 2. The lowest BCUT2D eigenvalue weighted by Gasteiger charge is -2.30.